The van der Waals surface area contributed by atoms with Gasteiger partial charge in [0.15, 0.2) is 5.15 Å². The molecule has 1 aromatic carbocycles. The van der Waals surface area contributed by atoms with Crippen molar-refractivity contribution in [2.75, 3.05) is 11.8 Å². The zero-order chi connectivity index (χ0) is 15.5. The molecule has 0 atom stereocenters. The molecule has 1 heterocycles. The molecular formula is C13H11ClN2O4S. The van der Waals surface area contributed by atoms with Gasteiger partial charge in [0, 0.05) is 6.20 Å². The fourth-order valence-corrected chi connectivity index (χ4v) is 3.13. The fraction of sp³-hybridized carbons (Fsp3) is 0.0769. The van der Waals surface area contributed by atoms with Crippen LogP contribution in [0.1, 0.15) is 10.4 Å². The number of esters is 1. The van der Waals surface area contributed by atoms with Gasteiger partial charge in [-0.2, -0.15) is 0 Å². The summed E-state index contributed by atoms with van der Waals surface area (Å²) in [4.78, 5) is 15.2. The highest BCUT2D eigenvalue weighted by atomic mass is 35.5. The van der Waals surface area contributed by atoms with Gasteiger partial charge < -0.3 is 4.74 Å². The summed E-state index contributed by atoms with van der Waals surface area (Å²) in [6, 6.07) is 8.72. The Morgan fingerprint density at radius 2 is 1.95 bits per heavy atom. The highest BCUT2D eigenvalue weighted by molar-refractivity contribution is 7.92. The number of anilines is 1. The summed E-state index contributed by atoms with van der Waals surface area (Å²) in [5.74, 6) is -0.742. The van der Waals surface area contributed by atoms with Crippen LogP contribution in [-0.2, 0) is 14.8 Å². The first-order chi connectivity index (χ1) is 9.95. The predicted octanol–water partition coefficient (Wildman–Crippen LogP) is 2.32. The summed E-state index contributed by atoms with van der Waals surface area (Å²) in [5, 5.41) is 0.0108. The number of ether oxygens (including phenoxy) is 1. The molecule has 1 aromatic heterocycles. The molecule has 1 N–H and O–H groups in total. The van der Waals surface area contributed by atoms with Crippen molar-refractivity contribution in [1.82, 2.24) is 4.98 Å². The zero-order valence-electron chi connectivity index (χ0n) is 10.9. The zero-order valence-corrected chi connectivity index (χ0v) is 12.5. The molecular weight excluding hydrogens is 316 g/mol. The first-order valence-corrected chi connectivity index (χ1v) is 7.62. The number of benzene rings is 1. The van der Waals surface area contributed by atoms with E-state index in [4.69, 9.17) is 11.6 Å². The van der Waals surface area contributed by atoms with E-state index in [0.29, 0.717) is 0 Å². The molecule has 0 unspecified atom stereocenters. The van der Waals surface area contributed by atoms with Crippen LogP contribution in [0.25, 0.3) is 0 Å². The first kappa shape index (κ1) is 15.3. The molecule has 110 valence electrons. The number of nitrogens with zero attached hydrogens (tertiary/aromatic N) is 1. The third-order valence-electron chi connectivity index (χ3n) is 2.59. The Kier molecular flexibility index (Phi) is 4.44. The van der Waals surface area contributed by atoms with Crippen molar-refractivity contribution in [2.45, 2.75) is 4.90 Å². The number of rotatable bonds is 4. The minimum absolute atomic E-state index is 0.0108. The normalized spacial score (nSPS) is 11.0. The van der Waals surface area contributed by atoms with Gasteiger partial charge in [0.1, 0.15) is 4.90 Å². The van der Waals surface area contributed by atoms with Crippen LogP contribution in [0.4, 0.5) is 5.69 Å². The highest BCUT2D eigenvalue weighted by Crippen LogP contribution is 2.24. The van der Waals surface area contributed by atoms with E-state index in [1.165, 1.54) is 43.6 Å². The molecule has 0 saturated carbocycles. The summed E-state index contributed by atoms with van der Waals surface area (Å²) in [5.41, 5.74) is 0.0614. The number of carbonyl (C=O) groups excluding carboxylic acids is 1. The van der Waals surface area contributed by atoms with Crippen molar-refractivity contribution < 1.29 is 17.9 Å². The van der Waals surface area contributed by atoms with Crippen molar-refractivity contribution in [3.63, 3.8) is 0 Å². The van der Waals surface area contributed by atoms with Crippen LogP contribution in [-0.4, -0.2) is 26.5 Å². The van der Waals surface area contributed by atoms with Crippen molar-refractivity contribution in [3.8, 4) is 0 Å². The monoisotopic (exact) mass is 326 g/mol. The molecule has 0 bridgehead atoms. The molecule has 0 spiro atoms. The molecule has 2 rings (SSSR count). The summed E-state index contributed by atoms with van der Waals surface area (Å²) in [6.07, 6.45) is 1.43. The van der Waals surface area contributed by atoms with Crippen LogP contribution >= 0.6 is 11.6 Å². The molecule has 0 aliphatic heterocycles. The van der Waals surface area contributed by atoms with Gasteiger partial charge in [-0.05, 0) is 24.3 Å². The maximum atomic E-state index is 12.4. The number of hydrogen-bond donors (Lipinski definition) is 1. The Bertz CT molecular complexity index is 777. The maximum absolute atomic E-state index is 12.4. The minimum atomic E-state index is -4.00. The van der Waals surface area contributed by atoms with Gasteiger partial charge in [-0.25, -0.2) is 18.2 Å². The topological polar surface area (TPSA) is 85.4 Å². The summed E-state index contributed by atoms with van der Waals surface area (Å²) < 4.78 is 31.6. The quantitative estimate of drug-likeness (QED) is 0.688. The third kappa shape index (κ3) is 3.32. The standard InChI is InChI=1S/C13H11ClN2O4S/c1-20-13(17)9-5-2-3-7-11(9)21(18,19)16-10-6-4-8-15-12(10)14/h2-8,16H,1H3. The van der Waals surface area contributed by atoms with Crippen LogP contribution in [0, 0.1) is 0 Å². The Morgan fingerprint density at radius 1 is 1.24 bits per heavy atom. The van der Waals surface area contributed by atoms with Gasteiger partial charge in [0.25, 0.3) is 10.0 Å². The molecule has 2 aromatic rings. The summed E-state index contributed by atoms with van der Waals surface area (Å²) in [7, 11) is -2.82. The second-order valence-corrected chi connectivity index (χ2v) is 5.94. The molecule has 0 amide bonds. The van der Waals surface area contributed by atoms with Crippen LogP contribution in [0.3, 0.4) is 0 Å². The number of hydrogen-bond acceptors (Lipinski definition) is 5. The highest BCUT2D eigenvalue weighted by Gasteiger charge is 2.23. The Labute approximate surface area is 126 Å². The van der Waals surface area contributed by atoms with Crippen molar-refractivity contribution >= 4 is 33.3 Å². The van der Waals surface area contributed by atoms with Crippen molar-refractivity contribution in [3.05, 3.63) is 53.3 Å². The third-order valence-corrected chi connectivity index (χ3v) is 4.31. The lowest BCUT2D eigenvalue weighted by molar-refractivity contribution is 0.0596. The van der Waals surface area contributed by atoms with E-state index in [0.717, 1.165) is 0 Å². The van der Waals surface area contributed by atoms with Crippen LogP contribution in [0.5, 0.6) is 0 Å². The smallest absolute Gasteiger partial charge is 0.339 e. The lowest BCUT2D eigenvalue weighted by Gasteiger charge is -2.11. The van der Waals surface area contributed by atoms with Crippen LogP contribution in [0.15, 0.2) is 47.5 Å². The van der Waals surface area contributed by atoms with Gasteiger partial charge >= 0.3 is 5.97 Å². The van der Waals surface area contributed by atoms with E-state index in [-0.39, 0.29) is 21.3 Å². The average Bonchev–Trinajstić information content (AvgIpc) is 2.48. The molecule has 0 radical (unpaired) electrons. The number of methoxy groups -OCH3 is 1. The number of halogens is 1. The lowest BCUT2D eigenvalue weighted by atomic mass is 10.2. The van der Waals surface area contributed by atoms with E-state index in [1.807, 2.05) is 0 Å². The summed E-state index contributed by atoms with van der Waals surface area (Å²) >= 11 is 5.82. The number of carbonyl (C=O) groups is 1. The van der Waals surface area contributed by atoms with Gasteiger partial charge in [-0.15, -0.1) is 0 Å². The molecule has 21 heavy (non-hydrogen) atoms. The fourth-order valence-electron chi connectivity index (χ4n) is 1.64. The maximum Gasteiger partial charge on any atom is 0.339 e. The van der Waals surface area contributed by atoms with Gasteiger partial charge in [0.05, 0.1) is 18.4 Å². The lowest BCUT2D eigenvalue weighted by Crippen LogP contribution is -2.17. The van der Waals surface area contributed by atoms with Gasteiger partial charge in [0.2, 0.25) is 0 Å². The molecule has 0 aliphatic rings. The predicted molar refractivity (Wildman–Crippen MR) is 77.8 cm³/mol. The molecule has 0 saturated heterocycles. The van der Waals surface area contributed by atoms with Crippen LogP contribution in [0.2, 0.25) is 5.15 Å². The summed E-state index contributed by atoms with van der Waals surface area (Å²) in [6.45, 7) is 0. The van der Waals surface area contributed by atoms with E-state index in [1.54, 1.807) is 6.07 Å². The first-order valence-electron chi connectivity index (χ1n) is 5.76. The Morgan fingerprint density at radius 3 is 2.62 bits per heavy atom. The average molecular weight is 327 g/mol. The number of sulfonamides is 1. The molecule has 8 heteroatoms. The minimum Gasteiger partial charge on any atom is -0.465 e. The second-order valence-electron chi connectivity index (χ2n) is 3.94. The number of aromatic nitrogens is 1. The number of pyridine rings is 1. The van der Waals surface area contributed by atoms with Crippen LogP contribution < -0.4 is 4.72 Å². The van der Waals surface area contributed by atoms with Gasteiger partial charge in [-0.1, -0.05) is 23.7 Å². The van der Waals surface area contributed by atoms with Crippen molar-refractivity contribution in [2.24, 2.45) is 0 Å². The Balaban J connectivity index is 2.46. The molecule has 0 fully saturated rings. The largest absolute Gasteiger partial charge is 0.465 e. The second kappa shape index (κ2) is 6.11. The van der Waals surface area contributed by atoms with E-state index < -0.39 is 16.0 Å². The van der Waals surface area contributed by atoms with E-state index >= 15 is 0 Å². The Hall–Kier alpha value is -2.12. The molecule has 6 nitrogen and oxygen atoms in total. The van der Waals surface area contributed by atoms with E-state index in [9.17, 15) is 13.2 Å². The van der Waals surface area contributed by atoms with Crippen molar-refractivity contribution in [1.29, 1.82) is 0 Å². The SMILES string of the molecule is COC(=O)c1ccccc1S(=O)(=O)Nc1cccnc1Cl. The number of nitrogens with one attached hydrogen (secondary N) is 1. The van der Waals surface area contributed by atoms with E-state index in [2.05, 4.69) is 14.4 Å². The van der Waals surface area contributed by atoms with Gasteiger partial charge in [-0.3, -0.25) is 4.72 Å². The molecule has 0 aliphatic carbocycles.